The van der Waals surface area contributed by atoms with Crippen LogP contribution in [0.2, 0.25) is 5.02 Å². The third kappa shape index (κ3) is 6.19. The molecule has 1 heterocycles. The summed E-state index contributed by atoms with van der Waals surface area (Å²) >= 11 is 6.11. The van der Waals surface area contributed by atoms with Crippen molar-refractivity contribution in [3.05, 3.63) is 113 Å². The molecule has 36 heavy (non-hydrogen) atoms. The molecular weight excluding hydrogens is 502 g/mol. The maximum atomic E-state index is 13.2. The van der Waals surface area contributed by atoms with Crippen LogP contribution in [0.4, 0.5) is 5.69 Å². The topological polar surface area (TPSA) is 126 Å². The molecule has 2 aromatic carbocycles. The summed E-state index contributed by atoms with van der Waals surface area (Å²) in [6.07, 6.45) is 7.32. The number of sulfonamides is 1. The number of hydroxylamine groups is 1. The van der Waals surface area contributed by atoms with Crippen LogP contribution in [-0.4, -0.2) is 24.4 Å². The van der Waals surface area contributed by atoms with Crippen molar-refractivity contribution in [1.29, 1.82) is 0 Å². The second-order valence-corrected chi connectivity index (χ2v) is 10.7. The number of quaternary nitrogens is 1. The van der Waals surface area contributed by atoms with Gasteiger partial charge in [0.1, 0.15) is 12.5 Å². The number of hydrogen-bond acceptors (Lipinski definition) is 6. The second kappa shape index (κ2) is 11.0. The third-order valence-corrected chi connectivity index (χ3v) is 7.00. The van der Waals surface area contributed by atoms with E-state index < -0.39 is 21.2 Å². The highest BCUT2D eigenvalue weighted by Crippen LogP contribution is 2.31. The number of halogens is 1. The van der Waals surface area contributed by atoms with Crippen LogP contribution in [0, 0.1) is 0 Å². The van der Waals surface area contributed by atoms with Crippen LogP contribution < -0.4 is 10.2 Å². The Labute approximate surface area is 215 Å². The summed E-state index contributed by atoms with van der Waals surface area (Å²) < 4.78 is 34.3. The smallest absolute Gasteiger partial charge is 0.261 e. The molecule has 8 nitrogen and oxygen atoms in total. The molecule has 0 amide bonds. The summed E-state index contributed by atoms with van der Waals surface area (Å²) in [5.41, 5.74) is 1.83. The van der Waals surface area contributed by atoms with E-state index in [1.165, 1.54) is 48.9 Å². The van der Waals surface area contributed by atoms with Crippen molar-refractivity contribution in [1.82, 2.24) is 4.98 Å². The molecule has 4 N–H and O–H groups in total. The zero-order chi connectivity index (χ0) is 26.5. The first-order valence-corrected chi connectivity index (χ1v) is 12.7. The maximum Gasteiger partial charge on any atom is 0.261 e. The largest absolute Gasteiger partial charge is 0.448 e. The van der Waals surface area contributed by atoms with E-state index in [2.05, 4.69) is 16.3 Å². The highest BCUT2D eigenvalue weighted by atomic mass is 35.5. The van der Waals surface area contributed by atoms with Crippen LogP contribution in [0.3, 0.4) is 0 Å². The molecule has 0 aliphatic heterocycles. The van der Waals surface area contributed by atoms with Gasteiger partial charge in [-0.2, -0.15) is 5.48 Å². The number of benzene rings is 2. The zero-order valence-corrected chi connectivity index (χ0v) is 21.6. The van der Waals surface area contributed by atoms with Crippen molar-refractivity contribution in [3.63, 3.8) is 0 Å². The van der Waals surface area contributed by atoms with Gasteiger partial charge in [0.25, 0.3) is 10.0 Å². The molecule has 0 saturated heterocycles. The Balaban J connectivity index is 1.94. The van der Waals surface area contributed by atoms with Crippen molar-refractivity contribution < 1.29 is 28.3 Å². The van der Waals surface area contributed by atoms with Crippen molar-refractivity contribution in [2.75, 3.05) is 4.72 Å². The number of nitrogens with zero attached hydrogens (tertiary/aromatic N) is 1. The molecule has 0 aliphatic carbocycles. The lowest BCUT2D eigenvalue weighted by Gasteiger charge is -2.21. The first-order chi connectivity index (χ1) is 17.0. The van der Waals surface area contributed by atoms with E-state index in [4.69, 9.17) is 16.0 Å². The number of nitrogens with one attached hydrogen (secondary N) is 1. The molecule has 1 aromatic heterocycles. The minimum absolute atomic E-state index is 0.00411. The van der Waals surface area contributed by atoms with Crippen LogP contribution in [0.25, 0.3) is 0 Å². The monoisotopic (exact) mass is 528 g/mol. The standard InChI is InChI=1S/C26H26ClN3O5S/c1-17(2)5-6-18(16-29-32)24(31)22-15-20(27)9-12-23(22)30-36(33,34)21-10-7-19(8-11-21)26(3,4)25-28-13-14-35-25/h5-16,29-30,32H,1H2,2-4H3/p+1/b6-5-,18-16+. The first-order valence-electron chi connectivity index (χ1n) is 10.8. The van der Waals surface area contributed by atoms with Crippen LogP contribution in [0.5, 0.6) is 0 Å². The van der Waals surface area contributed by atoms with Gasteiger partial charge >= 0.3 is 0 Å². The average molecular weight is 529 g/mol. The normalized spacial score (nSPS) is 12.6. The van der Waals surface area contributed by atoms with Gasteiger partial charge in [-0.05, 0) is 62.7 Å². The van der Waals surface area contributed by atoms with Gasteiger partial charge < -0.3 is 4.42 Å². The van der Waals surface area contributed by atoms with Gasteiger partial charge in [0.05, 0.1) is 27.8 Å². The zero-order valence-electron chi connectivity index (χ0n) is 20.0. The molecule has 188 valence electrons. The molecule has 0 saturated carbocycles. The van der Waals surface area contributed by atoms with Gasteiger partial charge in [0, 0.05) is 10.6 Å². The van der Waals surface area contributed by atoms with Gasteiger partial charge in [-0.15, -0.1) is 0 Å². The van der Waals surface area contributed by atoms with Crippen molar-refractivity contribution >= 4 is 33.1 Å². The maximum absolute atomic E-state index is 13.2. The molecule has 10 heteroatoms. The van der Waals surface area contributed by atoms with E-state index in [-0.39, 0.29) is 26.7 Å². The minimum atomic E-state index is -4.06. The number of oxazole rings is 1. The number of allylic oxidation sites excluding steroid dienone is 4. The number of nitrogens with two attached hydrogens (primary N) is 1. The molecule has 0 bridgehead atoms. The molecule has 0 unspecified atom stereocenters. The summed E-state index contributed by atoms with van der Waals surface area (Å²) in [6, 6.07) is 10.6. The number of anilines is 1. The fourth-order valence-electron chi connectivity index (χ4n) is 3.38. The van der Waals surface area contributed by atoms with E-state index in [9.17, 15) is 18.4 Å². The van der Waals surface area contributed by atoms with Crippen molar-refractivity contribution in [3.8, 4) is 0 Å². The highest BCUT2D eigenvalue weighted by Gasteiger charge is 2.28. The number of Topliss-reactive ketones (excluding diaryl/α,β-unsaturated/α-hetero) is 1. The Hall–Kier alpha value is -3.50. The number of carbonyl (C=O) groups is 1. The third-order valence-electron chi connectivity index (χ3n) is 5.39. The molecule has 0 spiro atoms. The average Bonchev–Trinajstić information content (AvgIpc) is 3.38. The van der Waals surface area contributed by atoms with Gasteiger partial charge in [-0.25, -0.2) is 18.6 Å². The number of hydrogen-bond donors (Lipinski definition) is 3. The van der Waals surface area contributed by atoms with Crippen LogP contribution in [0.15, 0.2) is 100 Å². The Kier molecular flexibility index (Phi) is 8.31. The van der Waals surface area contributed by atoms with Gasteiger partial charge in [0.2, 0.25) is 11.7 Å². The molecule has 3 rings (SSSR count). The summed E-state index contributed by atoms with van der Waals surface area (Å²) in [5.74, 6) is -0.0359. The number of rotatable bonds is 10. The van der Waals surface area contributed by atoms with Crippen LogP contribution in [0.1, 0.15) is 42.6 Å². The van der Waals surface area contributed by atoms with Crippen LogP contribution in [-0.2, 0) is 15.4 Å². The summed E-state index contributed by atoms with van der Waals surface area (Å²) in [7, 11) is -4.06. The second-order valence-electron chi connectivity index (χ2n) is 8.56. The highest BCUT2D eigenvalue weighted by molar-refractivity contribution is 7.92. The van der Waals surface area contributed by atoms with Crippen LogP contribution >= 0.6 is 11.6 Å². The van der Waals surface area contributed by atoms with Crippen molar-refractivity contribution in [2.45, 2.75) is 31.1 Å². The Morgan fingerprint density at radius 1 is 1.19 bits per heavy atom. The summed E-state index contributed by atoms with van der Waals surface area (Å²) in [6.45, 7) is 9.34. The van der Waals surface area contributed by atoms with Gasteiger partial charge in [0.15, 0.2) is 0 Å². The fraction of sp³-hybridized carbons (Fsp3) is 0.154. The SMILES string of the molecule is C=C(C)/C=C\C(=C/[NH2+]O)C(=O)c1cc(Cl)ccc1NS(=O)(=O)c1ccc(C(C)(C)c2ncco2)cc1. The van der Waals surface area contributed by atoms with E-state index in [1.807, 2.05) is 13.8 Å². The molecule has 0 aliphatic rings. The van der Waals surface area contributed by atoms with E-state index in [1.54, 1.807) is 31.3 Å². The predicted molar refractivity (Wildman–Crippen MR) is 137 cm³/mol. The first kappa shape index (κ1) is 27.1. The van der Waals surface area contributed by atoms with Gasteiger partial charge in [-0.3, -0.25) is 9.52 Å². The molecule has 0 radical (unpaired) electrons. The molecular formula is C26H27ClN3O5S+. The Bertz CT molecular complexity index is 1420. The lowest BCUT2D eigenvalue weighted by atomic mass is 9.84. The van der Waals surface area contributed by atoms with Crippen molar-refractivity contribution in [2.24, 2.45) is 0 Å². The predicted octanol–water partition coefficient (Wildman–Crippen LogP) is 4.61. The lowest BCUT2D eigenvalue weighted by molar-refractivity contribution is -0.838. The minimum Gasteiger partial charge on any atom is -0.448 e. The van der Waals surface area contributed by atoms with Gasteiger partial charge in [-0.1, -0.05) is 42.0 Å². The molecule has 0 fully saturated rings. The quantitative estimate of drug-likeness (QED) is 0.153. The summed E-state index contributed by atoms with van der Waals surface area (Å²) in [5, 5.41) is 9.49. The number of aromatic nitrogens is 1. The lowest BCUT2D eigenvalue weighted by Crippen LogP contribution is -2.74. The Morgan fingerprint density at radius 2 is 1.89 bits per heavy atom. The van der Waals surface area contributed by atoms with E-state index >= 15 is 0 Å². The molecule has 0 atom stereocenters. The Morgan fingerprint density at radius 3 is 2.47 bits per heavy atom. The fourth-order valence-corrected chi connectivity index (χ4v) is 4.63. The number of carbonyl (C=O) groups excluding carboxylic acids is 1. The van der Waals surface area contributed by atoms with E-state index in [0.717, 1.165) is 11.0 Å². The molecule has 3 aromatic rings. The summed E-state index contributed by atoms with van der Waals surface area (Å²) in [4.78, 5) is 17.4. The number of ketones is 1. The van der Waals surface area contributed by atoms with E-state index in [0.29, 0.717) is 11.5 Å².